The van der Waals surface area contributed by atoms with Gasteiger partial charge in [-0.05, 0) is 38.5 Å². The van der Waals surface area contributed by atoms with Crippen molar-refractivity contribution in [3.63, 3.8) is 0 Å². The Morgan fingerprint density at radius 3 is 2.61 bits per heavy atom. The summed E-state index contributed by atoms with van der Waals surface area (Å²) >= 11 is 0. The van der Waals surface area contributed by atoms with Crippen LogP contribution in [0.1, 0.15) is 37.6 Å². The van der Waals surface area contributed by atoms with E-state index in [1.54, 1.807) is 0 Å². The van der Waals surface area contributed by atoms with Crippen molar-refractivity contribution < 1.29 is 4.79 Å². The quantitative estimate of drug-likeness (QED) is 0.769. The molecular weight excluding hydrogens is 226 g/mol. The molecule has 0 atom stereocenters. The molecule has 98 valence electrons. The third-order valence-electron chi connectivity index (χ3n) is 3.37. The first-order valence-electron chi connectivity index (χ1n) is 6.46. The van der Waals surface area contributed by atoms with E-state index in [0.717, 1.165) is 30.9 Å². The third kappa shape index (κ3) is 2.75. The summed E-state index contributed by atoms with van der Waals surface area (Å²) in [7, 11) is 0. The lowest BCUT2D eigenvalue weighted by Gasteiger charge is -2.25. The van der Waals surface area contributed by atoms with Gasteiger partial charge in [-0.25, -0.2) is 0 Å². The minimum Gasteiger partial charge on any atom is -0.382 e. The molecule has 2 rings (SSSR count). The molecule has 18 heavy (non-hydrogen) atoms. The summed E-state index contributed by atoms with van der Waals surface area (Å²) in [6.07, 6.45) is 0.906. The maximum atomic E-state index is 12.1. The molecule has 1 aromatic rings. The van der Waals surface area contributed by atoms with Crippen molar-refractivity contribution in [1.29, 1.82) is 0 Å². The van der Waals surface area contributed by atoms with Crippen molar-refractivity contribution in [2.75, 3.05) is 23.7 Å². The molecule has 1 amide bonds. The minimum absolute atomic E-state index is 0.0166. The second-order valence-corrected chi connectivity index (χ2v) is 5.31. The Kier molecular flexibility index (Phi) is 3.45. The highest BCUT2D eigenvalue weighted by Crippen LogP contribution is 2.25. The van der Waals surface area contributed by atoms with Gasteiger partial charge in [-0.2, -0.15) is 0 Å². The second-order valence-electron chi connectivity index (χ2n) is 5.31. The topological polar surface area (TPSA) is 53.2 Å². The molecule has 0 saturated heterocycles. The van der Waals surface area contributed by atoms with Crippen molar-refractivity contribution >= 4 is 17.3 Å². The van der Waals surface area contributed by atoms with Crippen LogP contribution in [0, 0.1) is 0 Å². The first-order chi connectivity index (χ1) is 8.52. The van der Waals surface area contributed by atoms with Gasteiger partial charge in [0.15, 0.2) is 0 Å². The molecular formula is C14H21N3O. The van der Waals surface area contributed by atoms with E-state index in [1.165, 1.54) is 0 Å². The lowest BCUT2D eigenvalue weighted by Crippen LogP contribution is -2.42. The number of nitrogens with one attached hydrogen (secondary N) is 3. The van der Waals surface area contributed by atoms with Gasteiger partial charge in [-0.3, -0.25) is 4.79 Å². The largest absolute Gasteiger partial charge is 0.382 e. The number of benzene rings is 1. The molecule has 1 aromatic carbocycles. The lowest BCUT2D eigenvalue weighted by molar-refractivity contribution is 0.0911. The summed E-state index contributed by atoms with van der Waals surface area (Å²) in [5.74, 6) is -0.0166. The fraction of sp³-hybridized carbons (Fsp3) is 0.500. The van der Waals surface area contributed by atoms with Crippen molar-refractivity contribution in [2.45, 2.75) is 32.7 Å². The Labute approximate surface area is 108 Å². The summed E-state index contributed by atoms with van der Waals surface area (Å²) in [5, 5.41) is 9.63. The average molecular weight is 247 g/mol. The van der Waals surface area contributed by atoms with Crippen LogP contribution in [0.4, 0.5) is 11.4 Å². The third-order valence-corrected chi connectivity index (χ3v) is 3.37. The maximum Gasteiger partial charge on any atom is 0.251 e. The Hall–Kier alpha value is -1.71. The van der Waals surface area contributed by atoms with Crippen LogP contribution in [-0.2, 0) is 0 Å². The molecule has 0 spiro atoms. The summed E-state index contributed by atoms with van der Waals surface area (Å²) in [4.78, 5) is 12.1. The van der Waals surface area contributed by atoms with E-state index < -0.39 is 0 Å². The normalized spacial score (nSPS) is 14.2. The van der Waals surface area contributed by atoms with Gasteiger partial charge in [0.05, 0.1) is 11.4 Å². The first kappa shape index (κ1) is 12.7. The average Bonchev–Trinajstić information content (AvgIpc) is 2.37. The van der Waals surface area contributed by atoms with Gasteiger partial charge in [-0.15, -0.1) is 0 Å². The number of anilines is 2. The minimum atomic E-state index is -0.168. The van der Waals surface area contributed by atoms with E-state index in [0.29, 0.717) is 5.56 Å². The maximum absolute atomic E-state index is 12.1. The Bertz CT molecular complexity index is 454. The highest BCUT2D eigenvalue weighted by Gasteiger charge is 2.19. The molecule has 0 saturated carbocycles. The number of amides is 1. The molecule has 3 N–H and O–H groups in total. The van der Waals surface area contributed by atoms with Gasteiger partial charge in [0.25, 0.3) is 5.91 Å². The molecule has 0 aromatic heterocycles. The molecule has 1 aliphatic heterocycles. The summed E-state index contributed by atoms with van der Waals surface area (Å²) < 4.78 is 0. The monoisotopic (exact) mass is 247 g/mol. The van der Waals surface area contributed by atoms with E-state index in [-0.39, 0.29) is 11.4 Å². The molecule has 4 nitrogen and oxygen atoms in total. The van der Waals surface area contributed by atoms with Crippen LogP contribution in [0.25, 0.3) is 0 Å². The molecule has 4 heteroatoms. The van der Waals surface area contributed by atoms with Gasteiger partial charge in [0, 0.05) is 24.2 Å². The van der Waals surface area contributed by atoms with Gasteiger partial charge in [-0.1, -0.05) is 6.92 Å². The van der Waals surface area contributed by atoms with E-state index in [1.807, 2.05) is 32.0 Å². The van der Waals surface area contributed by atoms with Crippen LogP contribution in [0.2, 0.25) is 0 Å². The van der Waals surface area contributed by atoms with Crippen LogP contribution < -0.4 is 16.0 Å². The number of fused-ring (bicyclic) bond motifs is 1. The Morgan fingerprint density at radius 1 is 1.28 bits per heavy atom. The fourth-order valence-electron chi connectivity index (χ4n) is 1.85. The van der Waals surface area contributed by atoms with Crippen LogP contribution in [-0.4, -0.2) is 24.5 Å². The standard InChI is InChI=1S/C14H21N3O/c1-4-14(2,3)17-13(18)10-5-6-11-12(9-10)16-8-7-15-11/h5-6,9,15-16H,4,7-8H2,1-3H3,(H,17,18). The van der Waals surface area contributed by atoms with Crippen LogP contribution >= 0.6 is 0 Å². The number of rotatable bonds is 3. The van der Waals surface area contributed by atoms with Crippen molar-refractivity contribution in [3.05, 3.63) is 23.8 Å². The van der Waals surface area contributed by atoms with Gasteiger partial charge in [0.2, 0.25) is 0 Å². The SMILES string of the molecule is CCC(C)(C)NC(=O)c1ccc2c(c1)NCCN2. The zero-order valence-electron chi connectivity index (χ0n) is 11.3. The highest BCUT2D eigenvalue weighted by molar-refractivity contribution is 5.96. The predicted octanol–water partition coefficient (Wildman–Crippen LogP) is 2.44. The van der Waals surface area contributed by atoms with E-state index >= 15 is 0 Å². The molecule has 0 unspecified atom stereocenters. The van der Waals surface area contributed by atoms with Crippen LogP contribution in [0.3, 0.4) is 0 Å². The molecule has 0 radical (unpaired) electrons. The van der Waals surface area contributed by atoms with Gasteiger partial charge in [0.1, 0.15) is 0 Å². The van der Waals surface area contributed by atoms with Crippen molar-refractivity contribution in [3.8, 4) is 0 Å². The van der Waals surface area contributed by atoms with Crippen molar-refractivity contribution in [2.24, 2.45) is 0 Å². The predicted molar refractivity (Wildman–Crippen MR) is 75.3 cm³/mol. The zero-order chi connectivity index (χ0) is 13.2. The molecule has 0 aliphatic carbocycles. The van der Waals surface area contributed by atoms with E-state index in [4.69, 9.17) is 0 Å². The molecule has 0 bridgehead atoms. The molecule has 0 fully saturated rings. The van der Waals surface area contributed by atoms with Gasteiger partial charge >= 0.3 is 0 Å². The summed E-state index contributed by atoms with van der Waals surface area (Å²) in [5.41, 5.74) is 2.60. The number of hydrogen-bond acceptors (Lipinski definition) is 3. The summed E-state index contributed by atoms with van der Waals surface area (Å²) in [6.45, 7) is 7.94. The highest BCUT2D eigenvalue weighted by atomic mass is 16.1. The van der Waals surface area contributed by atoms with Gasteiger partial charge < -0.3 is 16.0 Å². The zero-order valence-corrected chi connectivity index (χ0v) is 11.3. The Morgan fingerprint density at radius 2 is 1.94 bits per heavy atom. The lowest BCUT2D eigenvalue weighted by atomic mass is 10.0. The second kappa shape index (κ2) is 4.88. The molecule has 1 aliphatic rings. The number of carbonyl (C=O) groups excluding carboxylic acids is 1. The van der Waals surface area contributed by atoms with Crippen LogP contribution in [0.5, 0.6) is 0 Å². The number of hydrogen-bond donors (Lipinski definition) is 3. The van der Waals surface area contributed by atoms with E-state index in [2.05, 4.69) is 22.9 Å². The van der Waals surface area contributed by atoms with Crippen LogP contribution in [0.15, 0.2) is 18.2 Å². The number of carbonyl (C=O) groups is 1. The first-order valence-corrected chi connectivity index (χ1v) is 6.46. The van der Waals surface area contributed by atoms with E-state index in [9.17, 15) is 4.79 Å². The smallest absolute Gasteiger partial charge is 0.251 e. The summed E-state index contributed by atoms with van der Waals surface area (Å²) in [6, 6.07) is 5.72. The Balaban J connectivity index is 2.16. The molecule has 1 heterocycles. The van der Waals surface area contributed by atoms with Crippen molar-refractivity contribution in [1.82, 2.24) is 5.32 Å². The fourth-order valence-corrected chi connectivity index (χ4v) is 1.85.